The van der Waals surface area contributed by atoms with E-state index in [1.807, 2.05) is 0 Å². The Morgan fingerprint density at radius 1 is 1.25 bits per heavy atom. The lowest BCUT2D eigenvalue weighted by Crippen LogP contribution is -2.23. The highest BCUT2D eigenvalue weighted by atomic mass is 16.6. The van der Waals surface area contributed by atoms with Gasteiger partial charge >= 0.3 is 5.97 Å². The Kier molecular flexibility index (Phi) is 4.71. The van der Waals surface area contributed by atoms with Gasteiger partial charge in [0.05, 0.1) is 10.8 Å². The number of esters is 1. The molecule has 1 aromatic rings. The van der Waals surface area contributed by atoms with Gasteiger partial charge in [0, 0.05) is 12.1 Å². The number of hydrogen-bond acceptors (Lipinski definition) is 4. The summed E-state index contributed by atoms with van der Waals surface area (Å²) >= 11 is 0. The van der Waals surface area contributed by atoms with E-state index in [1.165, 1.54) is 18.6 Å². The van der Waals surface area contributed by atoms with Crippen molar-refractivity contribution in [2.45, 2.75) is 51.0 Å². The number of carbonyl (C=O) groups excluding carboxylic acids is 1. The molecule has 1 aliphatic rings. The number of nitrogens with zero attached hydrogens (tertiary/aromatic N) is 1. The Morgan fingerprint density at radius 2 is 1.85 bits per heavy atom. The third-order valence-electron chi connectivity index (χ3n) is 3.79. The first-order valence-electron chi connectivity index (χ1n) is 7.03. The third kappa shape index (κ3) is 3.56. The number of hydrogen-bond donors (Lipinski definition) is 0. The number of nitro benzene ring substituents is 1. The van der Waals surface area contributed by atoms with Crippen LogP contribution in [0.25, 0.3) is 0 Å². The van der Waals surface area contributed by atoms with E-state index in [-0.39, 0.29) is 17.8 Å². The summed E-state index contributed by atoms with van der Waals surface area (Å²) < 4.78 is 5.51. The molecule has 2 rings (SSSR count). The summed E-state index contributed by atoms with van der Waals surface area (Å²) in [6, 6.07) is 6.06. The second kappa shape index (κ2) is 6.50. The van der Waals surface area contributed by atoms with Gasteiger partial charge in [0.15, 0.2) is 0 Å². The SMILES string of the molecule is CC(C(=O)OC1CCCCC1)c1ccc([N+](=O)[O-])cc1. The van der Waals surface area contributed by atoms with Crippen LogP contribution in [0.15, 0.2) is 24.3 Å². The fourth-order valence-electron chi connectivity index (χ4n) is 2.47. The van der Waals surface area contributed by atoms with Crippen molar-refractivity contribution >= 4 is 11.7 Å². The highest BCUT2D eigenvalue weighted by Crippen LogP contribution is 2.25. The van der Waals surface area contributed by atoms with Crippen LogP contribution in [0.5, 0.6) is 0 Å². The van der Waals surface area contributed by atoms with Gasteiger partial charge < -0.3 is 4.74 Å². The molecule has 0 heterocycles. The van der Waals surface area contributed by atoms with Crippen LogP contribution in [0, 0.1) is 10.1 Å². The number of nitro groups is 1. The maximum absolute atomic E-state index is 12.1. The van der Waals surface area contributed by atoms with Crippen LogP contribution in [-0.4, -0.2) is 17.0 Å². The Balaban J connectivity index is 1.96. The molecule has 0 bridgehead atoms. The Hall–Kier alpha value is -1.91. The van der Waals surface area contributed by atoms with Crippen LogP contribution in [0.1, 0.15) is 50.5 Å². The highest BCUT2D eigenvalue weighted by molar-refractivity contribution is 5.77. The summed E-state index contributed by atoms with van der Waals surface area (Å²) in [5.74, 6) is -0.636. The Bertz CT molecular complexity index is 477. The Morgan fingerprint density at radius 3 is 2.40 bits per heavy atom. The lowest BCUT2D eigenvalue weighted by atomic mass is 9.97. The second-order valence-electron chi connectivity index (χ2n) is 5.27. The van der Waals surface area contributed by atoms with Gasteiger partial charge in [-0.25, -0.2) is 0 Å². The molecular weight excluding hydrogens is 258 g/mol. The molecule has 5 nitrogen and oxygen atoms in total. The first-order valence-corrected chi connectivity index (χ1v) is 7.03. The van der Waals surface area contributed by atoms with Crippen molar-refractivity contribution in [3.8, 4) is 0 Å². The molecule has 1 unspecified atom stereocenters. The van der Waals surface area contributed by atoms with E-state index in [2.05, 4.69) is 0 Å². The Labute approximate surface area is 118 Å². The van der Waals surface area contributed by atoms with E-state index in [4.69, 9.17) is 4.74 Å². The van der Waals surface area contributed by atoms with Gasteiger partial charge in [0.2, 0.25) is 0 Å². The first-order chi connectivity index (χ1) is 9.58. The standard InChI is InChI=1S/C15H19NO4/c1-11(12-7-9-13(10-8-12)16(18)19)15(17)20-14-5-3-2-4-6-14/h7-11,14H,2-6H2,1H3. The van der Waals surface area contributed by atoms with Crippen molar-refractivity contribution in [1.29, 1.82) is 0 Å². The van der Waals surface area contributed by atoms with Crippen molar-refractivity contribution in [2.24, 2.45) is 0 Å². The largest absolute Gasteiger partial charge is 0.462 e. The zero-order valence-electron chi connectivity index (χ0n) is 11.6. The average Bonchev–Trinajstić information content (AvgIpc) is 2.47. The minimum atomic E-state index is -0.450. The predicted molar refractivity (Wildman–Crippen MR) is 74.5 cm³/mol. The molecule has 1 aliphatic carbocycles. The molecule has 0 spiro atoms. The fourth-order valence-corrected chi connectivity index (χ4v) is 2.47. The quantitative estimate of drug-likeness (QED) is 0.479. The van der Waals surface area contributed by atoms with Crippen molar-refractivity contribution in [3.05, 3.63) is 39.9 Å². The molecule has 0 N–H and O–H groups in total. The van der Waals surface area contributed by atoms with Crippen molar-refractivity contribution < 1.29 is 14.5 Å². The molecule has 1 aromatic carbocycles. The van der Waals surface area contributed by atoms with Crippen LogP contribution in [0.2, 0.25) is 0 Å². The van der Waals surface area contributed by atoms with Gasteiger partial charge in [0.1, 0.15) is 6.10 Å². The molecule has 0 amide bonds. The summed E-state index contributed by atoms with van der Waals surface area (Å²) in [5, 5.41) is 10.6. The van der Waals surface area contributed by atoms with Crippen LogP contribution in [-0.2, 0) is 9.53 Å². The summed E-state index contributed by atoms with van der Waals surface area (Å²) in [4.78, 5) is 22.2. The van der Waals surface area contributed by atoms with Crippen LogP contribution < -0.4 is 0 Å². The van der Waals surface area contributed by atoms with E-state index in [9.17, 15) is 14.9 Å². The maximum Gasteiger partial charge on any atom is 0.313 e. The molecule has 0 aromatic heterocycles. The average molecular weight is 277 g/mol. The lowest BCUT2D eigenvalue weighted by Gasteiger charge is -2.23. The molecule has 0 saturated heterocycles. The zero-order valence-corrected chi connectivity index (χ0v) is 11.6. The van der Waals surface area contributed by atoms with Crippen LogP contribution in [0.4, 0.5) is 5.69 Å². The van der Waals surface area contributed by atoms with Gasteiger partial charge in [-0.2, -0.15) is 0 Å². The molecule has 1 fully saturated rings. The van der Waals surface area contributed by atoms with Crippen LogP contribution in [0.3, 0.4) is 0 Å². The van der Waals surface area contributed by atoms with Crippen molar-refractivity contribution in [2.75, 3.05) is 0 Å². The molecule has 0 aliphatic heterocycles. The summed E-state index contributed by atoms with van der Waals surface area (Å²) in [6.45, 7) is 1.77. The second-order valence-corrected chi connectivity index (χ2v) is 5.27. The molecule has 1 saturated carbocycles. The molecule has 108 valence electrons. The summed E-state index contributed by atoms with van der Waals surface area (Å²) in [7, 11) is 0. The predicted octanol–water partition coefficient (Wildman–Crippen LogP) is 3.57. The monoisotopic (exact) mass is 277 g/mol. The van der Waals surface area contributed by atoms with Gasteiger partial charge in [-0.3, -0.25) is 14.9 Å². The van der Waals surface area contributed by atoms with Gasteiger partial charge in [-0.15, -0.1) is 0 Å². The number of benzene rings is 1. The smallest absolute Gasteiger partial charge is 0.313 e. The van der Waals surface area contributed by atoms with Crippen molar-refractivity contribution in [3.63, 3.8) is 0 Å². The molecule has 5 heteroatoms. The normalized spacial score (nSPS) is 17.4. The summed E-state index contributed by atoms with van der Waals surface area (Å²) in [6.07, 6.45) is 5.37. The zero-order chi connectivity index (χ0) is 14.5. The fraction of sp³-hybridized carbons (Fsp3) is 0.533. The highest BCUT2D eigenvalue weighted by Gasteiger charge is 2.23. The van der Waals surface area contributed by atoms with E-state index in [0.29, 0.717) is 0 Å². The molecule has 20 heavy (non-hydrogen) atoms. The lowest BCUT2D eigenvalue weighted by molar-refractivity contribution is -0.384. The van der Waals surface area contributed by atoms with Gasteiger partial charge in [0.25, 0.3) is 5.69 Å². The molecular formula is C15H19NO4. The van der Waals surface area contributed by atoms with Crippen molar-refractivity contribution in [1.82, 2.24) is 0 Å². The third-order valence-corrected chi connectivity index (χ3v) is 3.79. The van der Waals surface area contributed by atoms with Crippen LogP contribution >= 0.6 is 0 Å². The number of ether oxygens (including phenoxy) is 1. The summed E-state index contributed by atoms with van der Waals surface area (Å²) in [5.41, 5.74) is 0.776. The molecule has 1 atom stereocenters. The minimum absolute atomic E-state index is 0.0293. The molecule has 0 radical (unpaired) electrons. The van der Waals surface area contributed by atoms with Gasteiger partial charge in [-0.05, 0) is 38.2 Å². The number of rotatable bonds is 4. The van der Waals surface area contributed by atoms with E-state index < -0.39 is 10.8 Å². The number of carbonyl (C=O) groups is 1. The van der Waals surface area contributed by atoms with E-state index in [1.54, 1.807) is 19.1 Å². The van der Waals surface area contributed by atoms with E-state index >= 15 is 0 Å². The number of non-ortho nitro benzene ring substituents is 1. The maximum atomic E-state index is 12.1. The first kappa shape index (κ1) is 14.5. The minimum Gasteiger partial charge on any atom is -0.462 e. The van der Waals surface area contributed by atoms with Gasteiger partial charge in [-0.1, -0.05) is 18.6 Å². The van der Waals surface area contributed by atoms with E-state index in [0.717, 1.165) is 31.2 Å². The topological polar surface area (TPSA) is 69.4 Å².